The monoisotopic (exact) mass is 254 g/mol. The molecule has 0 saturated carbocycles. The molecule has 0 amide bonds. The summed E-state index contributed by atoms with van der Waals surface area (Å²) < 4.78 is 0. The van der Waals surface area contributed by atoms with Crippen LogP contribution in [0.3, 0.4) is 0 Å². The first-order valence-corrected chi connectivity index (χ1v) is 6.87. The molecule has 2 heteroatoms. The van der Waals surface area contributed by atoms with Crippen LogP contribution in [0, 0.1) is 0 Å². The minimum absolute atomic E-state index is 0.628. The van der Waals surface area contributed by atoms with Crippen LogP contribution in [0.5, 0.6) is 0 Å². The van der Waals surface area contributed by atoms with E-state index in [0.717, 1.165) is 17.9 Å². The van der Waals surface area contributed by atoms with Crippen LogP contribution in [0.1, 0.15) is 37.3 Å². The normalized spacial score (nSPS) is 12.1. The van der Waals surface area contributed by atoms with Gasteiger partial charge in [-0.05, 0) is 47.7 Å². The molecule has 1 atom stereocenters. The minimum Gasteiger partial charge on any atom is -0.399 e. The van der Waals surface area contributed by atoms with Crippen molar-refractivity contribution in [2.75, 3.05) is 11.1 Å². The average Bonchev–Trinajstić information content (AvgIpc) is 2.45. The summed E-state index contributed by atoms with van der Waals surface area (Å²) in [5.41, 5.74) is 10.3. The second-order valence-corrected chi connectivity index (χ2v) is 5.03. The van der Waals surface area contributed by atoms with E-state index >= 15 is 0 Å². The maximum Gasteiger partial charge on any atom is 0.0401 e. The van der Waals surface area contributed by atoms with Crippen LogP contribution in [-0.4, -0.2) is 0 Å². The summed E-state index contributed by atoms with van der Waals surface area (Å²) in [6, 6.07) is 16.7. The Bertz CT molecular complexity index is 517. The van der Waals surface area contributed by atoms with Gasteiger partial charge in [0.25, 0.3) is 0 Å². The molecule has 0 heterocycles. The average molecular weight is 254 g/mol. The zero-order chi connectivity index (χ0) is 13.7. The molecule has 2 aromatic carbocycles. The van der Waals surface area contributed by atoms with Gasteiger partial charge < -0.3 is 11.1 Å². The molecule has 0 aliphatic rings. The topological polar surface area (TPSA) is 38.0 Å². The minimum atomic E-state index is 0.628. The van der Waals surface area contributed by atoms with Gasteiger partial charge in [-0.3, -0.25) is 0 Å². The Labute approximate surface area is 115 Å². The van der Waals surface area contributed by atoms with Crippen LogP contribution in [0.15, 0.2) is 48.5 Å². The molecule has 0 radical (unpaired) electrons. The highest BCUT2D eigenvalue weighted by Gasteiger charge is 2.02. The van der Waals surface area contributed by atoms with Crippen molar-refractivity contribution in [2.24, 2.45) is 0 Å². The van der Waals surface area contributed by atoms with Gasteiger partial charge in [-0.25, -0.2) is 0 Å². The summed E-state index contributed by atoms with van der Waals surface area (Å²) in [6.45, 7) is 5.28. The number of nitrogens with two attached hydrogens (primary N) is 1. The molecule has 2 aromatic rings. The lowest BCUT2D eigenvalue weighted by Gasteiger charge is -2.11. The highest BCUT2D eigenvalue weighted by atomic mass is 14.9. The smallest absolute Gasteiger partial charge is 0.0401 e. The summed E-state index contributed by atoms with van der Waals surface area (Å²) in [4.78, 5) is 0. The first kappa shape index (κ1) is 13.5. The van der Waals surface area contributed by atoms with Crippen LogP contribution >= 0.6 is 0 Å². The zero-order valence-corrected chi connectivity index (χ0v) is 11.7. The predicted octanol–water partition coefficient (Wildman–Crippen LogP) is 4.39. The van der Waals surface area contributed by atoms with Gasteiger partial charge in [0.05, 0.1) is 0 Å². The van der Waals surface area contributed by atoms with Crippen LogP contribution in [-0.2, 0) is 6.54 Å². The maximum atomic E-state index is 5.77. The summed E-state index contributed by atoms with van der Waals surface area (Å²) >= 11 is 0. The van der Waals surface area contributed by atoms with Gasteiger partial charge in [-0.1, -0.05) is 38.1 Å². The van der Waals surface area contributed by atoms with Crippen molar-refractivity contribution in [1.82, 2.24) is 0 Å². The summed E-state index contributed by atoms with van der Waals surface area (Å²) in [7, 11) is 0. The Morgan fingerprint density at radius 1 is 1.11 bits per heavy atom. The molecule has 0 aliphatic heterocycles. The van der Waals surface area contributed by atoms with Crippen molar-refractivity contribution in [3.8, 4) is 0 Å². The van der Waals surface area contributed by atoms with Crippen molar-refractivity contribution in [1.29, 1.82) is 0 Å². The molecule has 1 unspecified atom stereocenters. The van der Waals surface area contributed by atoms with E-state index in [9.17, 15) is 0 Å². The first-order chi connectivity index (χ1) is 9.19. The third-order valence-corrected chi connectivity index (χ3v) is 3.54. The van der Waals surface area contributed by atoms with E-state index in [-0.39, 0.29) is 0 Å². The fourth-order valence-electron chi connectivity index (χ4n) is 2.07. The molecule has 0 fully saturated rings. The van der Waals surface area contributed by atoms with Crippen molar-refractivity contribution >= 4 is 11.4 Å². The molecule has 2 rings (SSSR count). The Morgan fingerprint density at radius 2 is 1.84 bits per heavy atom. The Kier molecular flexibility index (Phi) is 4.45. The van der Waals surface area contributed by atoms with Crippen LogP contribution in [0.2, 0.25) is 0 Å². The van der Waals surface area contributed by atoms with Gasteiger partial charge in [0.15, 0.2) is 0 Å². The second-order valence-electron chi connectivity index (χ2n) is 5.03. The van der Waals surface area contributed by atoms with E-state index in [1.807, 2.05) is 18.2 Å². The number of anilines is 2. The lowest BCUT2D eigenvalue weighted by atomic mass is 9.99. The zero-order valence-electron chi connectivity index (χ0n) is 11.7. The van der Waals surface area contributed by atoms with E-state index in [2.05, 4.69) is 49.5 Å². The number of rotatable bonds is 5. The number of hydrogen-bond donors (Lipinski definition) is 2. The molecule has 0 saturated heterocycles. The Morgan fingerprint density at radius 3 is 2.47 bits per heavy atom. The lowest BCUT2D eigenvalue weighted by Crippen LogP contribution is -2.00. The molecule has 0 bridgehead atoms. The van der Waals surface area contributed by atoms with Gasteiger partial charge in [-0.15, -0.1) is 0 Å². The standard InChI is InChI=1S/C17H22N2/c1-3-13(2)15-7-9-17(10-8-15)19-12-14-5-4-6-16(18)11-14/h4-11,13,19H,3,12,18H2,1-2H3. The molecule has 19 heavy (non-hydrogen) atoms. The van der Waals surface area contributed by atoms with Crippen LogP contribution in [0.4, 0.5) is 11.4 Å². The summed E-state index contributed by atoms with van der Waals surface area (Å²) in [5.74, 6) is 0.628. The molecular formula is C17H22N2. The number of benzene rings is 2. The number of hydrogen-bond acceptors (Lipinski definition) is 2. The third kappa shape index (κ3) is 3.75. The quantitative estimate of drug-likeness (QED) is 0.776. The first-order valence-electron chi connectivity index (χ1n) is 6.87. The fourth-order valence-corrected chi connectivity index (χ4v) is 2.07. The van der Waals surface area contributed by atoms with E-state index in [4.69, 9.17) is 5.73 Å². The van der Waals surface area contributed by atoms with Crippen molar-refractivity contribution in [3.63, 3.8) is 0 Å². The molecule has 3 N–H and O–H groups in total. The van der Waals surface area contributed by atoms with Gasteiger partial charge in [0.2, 0.25) is 0 Å². The SMILES string of the molecule is CCC(C)c1ccc(NCc2cccc(N)c2)cc1. The molecule has 0 spiro atoms. The molecule has 0 aromatic heterocycles. The largest absolute Gasteiger partial charge is 0.399 e. The molecule has 0 aliphatic carbocycles. The third-order valence-electron chi connectivity index (χ3n) is 3.54. The number of nitrogens with one attached hydrogen (secondary N) is 1. The van der Waals surface area contributed by atoms with E-state index in [1.54, 1.807) is 0 Å². The predicted molar refractivity (Wildman–Crippen MR) is 83.3 cm³/mol. The Balaban J connectivity index is 1.96. The van der Waals surface area contributed by atoms with E-state index in [0.29, 0.717) is 5.92 Å². The van der Waals surface area contributed by atoms with Gasteiger partial charge in [0.1, 0.15) is 0 Å². The van der Waals surface area contributed by atoms with Crippen molar-refractivity contribution < 1.29 is 0 Å². The maximum absolute atomic E-state index is 5.77. The van der Waals surface area contributed by atoms with Crippen LogP contribution < -0.4 is 11.1 Å². The molecule has 100 valence electrons. The van der Waals surface area contributed by atoms with Gasteiger partial charge in [-0.2, -0.15) is 0 Å². The fraction of sp³-hybridized carbons (Fsp3) is 0.294. The van der Waals surface area contributed by atoms with Gasteiger partial charge >= 0.3 is 0 Å². The van der Waals surface area contributed by atoms with Crippen LogP contribution in [0.25, 0.3) is 0 Å². The Hall–Kier alpha value is -1.96. The van der Waals surface area contributed by atoms with Crippen molar-refractivity contribution in [2.45, 2.75) is 32.7 Å². The second kappa shape index (κ2) is 6.28. The van der Waals surface area contributed by atoms with E-state index < -0.39 is 0 Å². The van der Waals surface area contributed by atoms with Gasteiger partial charge in [0, 0.05) is 17.9 Å². The number of nitrogen functional groups attached to an aromatic ring is 1. The summed E-state index contributed by atoms with van der Waals surface area (Å²) in [5, 5.41) is 3.42. The highest BCUT2D eigenvalue weighted by Crippen LogP contribution is 2.20. The van der Waals surface area contributed by atoms with E-state index in [1.165, 1.54) is 17.5 Å². The molecular weight excluding hydrogens is 232 g/mol. The summed E-state index contributed by atoms with van der Waals surface area (Å²) in [6.07, 6.45) is 1.18. The van der Waals surface area contributed by atoms with Crippen molar-refractivity contribution in [3.05, 3.63) is 59.7 Å². The lowest BCUT2D eigenvalue weighted by molar-refractivity contribution is 0.734. The highest BCUT2D eigenvalue weighted by molar-refractivity contribution is 5.47. The molecule has 2 nitrogen and oxygen atoms in total.